The van der Waals surface area contributed by atoms with Crippen molar-refractivity contribution in [3.63, 3.8) is 0 Å². The largest absolute Gasteiger partial charge is 0.348 e. The molecule has 4 rings (SSSR count). The quantitative estimate of drug-likeness (QED) is 0.346. The summed E-state index contributed by atoms with van der Waals surface area (Å²) in [7, 11) is -3.95. The lowest BCUT2D eigenvalue weighted by Gasteiger charge is -2.13. The van der Waals surface area contributed by atoms with Crippen LogP contribution >= 0.6 is 0 Å². The topological polar surface area (TPSA) is 110 Å². The summed E-state index contributed by atoms with van der Waals surface area (Å²) in [5.41, 5.74) is 2.93. The lowest BCUT2D eigenvalue weighted by molar-refractivity contribution is -0.119. The Kier molecular flexibility index (Phi) is 7.92. The van der Waals surface area contributed by atoms with Crippen molar-refractivity contribution in [1.82, 2.24) is 19.8 Å². The van der Waals surface area contributed by atoms with E-state index in [1.54, 1.807) is 41.2 Å². The van der Waals surface area contributed by atoms with E-state index in [1.807, 2.05) is 48.7 Å². The van der Waals surface area contributed by atoms with E-state index in [-0.39, 0.29) is 23.6 Å². The van der Waals surface area contributed by atoms with E-state index in [2.05, 4.69) is 15.1 Å². The molecule has 0 fully saturated rings. The predicted molar refractivity (Wildman–Crippen MR) is 135 cm³/mol. The van der Waals surface area contributed by atoms with E-state index >= 15 is 0 Å². The minimum absolute atomic E-state index is 0.0160. The first-order valence-corrected chi connectivity index (χ1v) is 12.9. The predicted octanol–water partition coefficient (Wildman–Crippen LogP) is 3.30. The van der Waals surface area contributed by atoms with Crippen molar-refractivity contribution in [2.75, 3.05) is 0 Å². The van der Waals surface area contributed by atoms with Gasteiger partial charge in [-0.25, -0.2) is 13.1 Å². The Morgan fingerprint density at radius 2 is 1.58 bits per heavy atom. The molecule has 0 atom stereocenters. The highest BCUT2D eigenvalue weighted by molar-refractivity contribution is 7.90. The first-order chi connectivity index (χ1) is 17.4. The van der Waals surface area contributed by atoms with Crippen LogP contribution in [-0.4, -0.2) is 30.0 Å². The van der Waals surface area contributed by atoms with Gasteiger partial charge >= 0.3 is 0 Å². The molecule has 0 aliphatic carbocycles. The van der Waals surface area contributed by atoms with Crippen molar-refractivity contribution in [2.45, 2.75) is 30.8 Å². The van der Waals surface area contributed by atoms with E-state index < -0.39 is 15.9 Å². The maximum absolute atomic E-state index is 13.1. The molecule has 0 radical (unpaired) electrons. The smallest absolute Gasteiger partial charge is 0.264 e. The number of amides is 2. The number of rotatable bonds is 10. The Bertz CT molecular complexity index is 1420. The zero-order valence-electron chi connectivity index (χ0n) is 19.5. The van der Waals surface area contributed by atoms with Gasteiger partial charge in [0, 0.05) is 30.9 Å². The molecule has 0 bridgehead atoms. The molecule has 0 unspecified atom stereocenters. The van der Waals surface area contributed by atoms with Gasteiger partial charge in [0.1, 0.15) is 0 Å². The SMILES string of the molecule is O=C(CCc1ccc(Cn2cccn2)cc1C(=O)NCc1ccccc1)NS(=O)(=O)c1ccccc1. The van der Waals surface area contributed by atoms with Gasteiger partial charge in [0.2, 0.25) is 5.91 Å². The van der Waals surface area contributed by atoms with Gasteiger partial charge < -0.3 is 5.32 Å². The second-order valence-electron chi connectivity index (χ2n) is 8.21. The van der Waals surface area contributed by atoms with Crippen LogP contribution < -0.4 is 10.0 Å². The molecule has 2 N–H and O–H groups in total. The van der Waals surface area contributed by atoms with Crippen LogP contribution in [0.15, 0.2) is 102 Å². The van der Waals surface area contributed by atoms with Crippen molar-refractivity contribution in [3.8, 4) is 0 Å². The maximum Gasteiger partial charge on any atom is 0.264 e. The highest BCUT2D eigenvalue weighted by Crippen LogP contribution is 2.17. The molecular formula is C27H26N4O4S. The van der Waals surface area contributed by atoms with E-state index in [1.165, 1.54) is 12.1 Å². The number of nitrogens with zero attached hydrogens (tertiary/aromatic N) is 2. The maximum atomic E-state index is 13.1. The summed E-state index contributed by atoms with van der Waals surface area (Å²) in [5, 5.41) is 7.14. The number of sulfonamides is 1. The third-order valence-electron chi connectivity index (χ3n) is 5.54. The number of hydrogen-bond donors (Lipinski definition) is 2. The molecule has 36 heavy (non-hydrogen) atoms. The van der Waals surface area contributed by atoms with Crippen LogP contribution in [0.1, 0.15) is 33.5 Å². The van der Waals surface area contributed by atoms with Crippen LogP contribution in [0.5, 0.6) is 0 Å². The van der Waals surface area contributed by atoms with Crippen LogP contribution in [0.25, 0.3) is 0 Å². The Labute approximate surface area is 210 Å². The summed E-state index contributed by atoms with van der Waals surface area (Å²) in [6.45, 7) is 0.848. The molecular weight excluding hydrogens is 476 g/mol. The third-order valence-corrected chi connectivity index (χ3v) is 6.93. The van der Waals surface area contributed by atoms with Crippen molar-refractivity contribution in [3.05, 3.63) is 120 Å². The number of aryl methyl sites for hydroxylation is 1. The third kappa shape index (κ3) is 6.67. The summed E-state index contributed by atoms with van der Waals surface area (Å²) in [5.74, 6) is -0.913. The number of carbonyl (C=O) groups excluding carboxylic acids is 2. The first kappa shape index (κ1) is 24.9. The van der Waals surface area contributed by atoms with Gasteiger partial charge in [-0.2, -0.15) is 5.10 Å². The molecule has 0 saturated carbocycles. The van der Waals surface area contributed by atoms with E-state index in [0.29, 0.717) is 24.2 Å². The number of aromatic nitrogens is 2. The van der Waals surface area contributed by atoms with Crippen LogP contribution in [0, 0.1) is 0 Å². The average Bonchev–Trinajstić information content (AvgIpc) is 3.40. The van der Waals surface area contributed by atoms with Gasteiger partial charge in [0.05, 0.1) is 11.4 Å². The summed E-state index contributed by atoms with van der Waals surface area (Å²) in [4.78, 5) is 25.6. The molecule has 0 aliphatic rings. The zero-order valence-corrected chi connectivity index (χ0v) is 20.3. The van der Waals surface area contributed by atoms with Gasteiger partial charge in [-0.3, -0.25) is 14.3 Å². The molecule has 3 aromatic carbocycles. The zero-order chi connectivity index (χ0) is 25.4. The lowest BCUT2D eigenvalue weighted by atomic mass is 9.99. The average molecular weight is 503 g/mol. The van der Waals surface area contributed by atoms with Crippen LogP contribution in [0.3, 0.4) is 0 Å². The lowest BCUT2D eigenvalue weighted by Crippen LogP contribution is -2.31. The molecule has 9 heteroatoms. The molecule has 8 nitrogen and oxygen atoms in total. The van der Waals surface area contributed by atoms with Gasteiger partial charge in [-0.05, 0) is 47.4 Å². The van der Waals surface area contributed by atoms with Crippen LogP contribution in [0.2, 0.25) is 0 Å². The van der Waals surface area contributed by atoms with Gasteiger partial charge in [0.15, 0.2) is 0 Å². The standard InChI is InChI=1S/C27H26N4O4S/c32-26(30-36(34,35)24-10-5-2-6-11-24)15-14-23-13-12-22(20-31-17-7-16-29-31)18-25(23)27(33)28-19-21-8-3-1-4-9-21/h1-13,16-18H,14-15,19-20H2,(H,28,33)(H,30,32). The van der Waals surface area contributed by atoms with E-state index in [4.69, 9.17) is 0 Å². The fourth-order valence-corrected chi connectivity index (χ4v) is 4.75. The minimum atomic E-state index is -3.95. The molecule has 0 saturated heterocycles. The minimum Gasteiger partial charge on any atom is -0.348 e. The van der Waals surface area contributed by atoms with Crippen LogP contribution in [-0.2, 0) is 34.3 Å². The fourth-order valence-electron chi connectivity index (χ4n) is 3.71. The normalized spacial score (nSPS) is 11.1. The second-order valence-corrected chi connectivity index (χ2v) is 9.89. The number of nitrogens with one attached hydrogen (secondary N) is 2. The van der Waals surface area contributed by atoms with E-state index in [0.717, 1.165) is 11.1 Å². The molecule has 1 heterocycles. The number of carbonyl (C=O) groups is 2. The van der Waals surface area contributed by atoms with Crippen molar-refractivity contribution < 1.29 is 18.0 Å². The summed E-state index contributed by atoms with van der Waals surface area (Å²) in [6.07, 6.45) is 3.63. The Hall–Kier alpha value is -4.24. The number of benzene rings is 3. The van der Waals surface area contributed by atoms with Crippen molar-refractivity contribution in [1.29, 1.82) is 0 Å². The van der Waals surface area contributed by atoms with Gasteiger partial charge in [0.25, 0.3) is 15.9 Å². The summed E-state index contributed by atoms with van der Waals surface area (Å²) < 4.78 is 28.7. The molecule has 0 aliphatic heterocycles. The second kappa shape index (κ2) is 11.5. The number of hydrogen-bond acceptors (Lipinski definition) is 5. The Morgan fingerprint density at radius 3 is 2.28 bits per heavy atom. The highest BCUT2D eigenvalue weighted by atomic mass is 32.2. The van der Waals surface area contributed by atoms with Crippen molar-refractivity contribution >= 4 is 21.8 Å². The monoisotopic (exact) mass is 502 g/mol. The Morgan fingerprint density at radius 1 is 0.861 bits per heavy atom. The molecule has 0 spiro atoms. The fraction of sp³-hybridized carbons (Fsp3) is 0.148. The van der Waals surface area contributed by atoms with Gasteiger partial charge in [-0.1, -0.05) is 60.7 Å². The first-order valence-electron chi connectivity index (χ1n) is 11.4. The highest BCUT2D eigenvalue weighted by Gasteiger charge is 2.19. The molecule has 4 aromatic rings. The molecule has 1 aromatic heterocycles. The molecule has 184 valence electrons. The summed E-state index contributed by atoms with van der Waals surface area (Å²) >= 11 is 0. The van der Waals surface area contributed by atoms with Gasteiger partial charge in [-0.15, -0.1) is 0 Å². The van der Waals surface area contributed by atoms with Crippen LogP contribution in [0.4, 0.5) is 0 Å². The summed E-state index contributed by atoms with van der Waals surface area (Å²) in [6, 6.07) is 24.6. The van der Waals surface area contributed by atoms with E-state index in [9.17, 15) is 18.0 Å². The van der Waals surface area contributed by atoms with Crippen molar-refractivity contribution in [2.24, 2.45) is 0 Å². The Balaban J connectivity index is 1.48. The molecule has 2 amide bonds.